The van der Waals surface area contributed by atoms with Crippen molar-refractivity contribution in [3.8, 4) is 23.3 Å². The van der Waals surface area contributed by atoms with Gasteiger partial charge in [0.15, 0.2) is 17.3 Å². The number of aromatic amines is 1. The molecule has 3 heterocycles. The number of phenols is 1. The molecule has 1 aromatic heterocycles. The van der Waals surface area contributed by atoms with Gasteiger partial charge in [0.05, 0.1) is 31.2 Å². The summed E-state index contributed by atoms with van der Waals surface area (Å²) in [5, 5.41) is 62.9. The van der Waals surface area contributed by atoms with Gasteiger partial charge in [-0.3, -0.25) is 9.59 Å². The van der Waals surface area contributed by atoms with E-state index in [0.29, 0.717) is 90.8 Å². The van der Waals surface area contributed by atoms with E-state index in [9.17, 15) is 25.2 Å². The number of aromatic hydroxyl groups is 1. The topological polar surface area (TPSA) is 202 Å². The summed E-state index contributed by atoms with van der Waals surface area (Å²) < 4.78 is 5.62. The Hall–Kier alpha value is -5.42. The van der Waals surface area contributed by atoms with Gasteiger partial charge in [-0.05, 0) is 187 Å². The van der Waals surface area contributed by atoms with Gasteiger partial charge in [0.1, 0.15) is 11.2 Å². The fourth-order valence-corrected chi connectivity index (χ4v) is 19.0. The number of dihydropyridines is 1. The SMILES string of the molecule is CCNCC1C2c3[nH]ccc3C3CC(=O)CC4NC5(CCCCC5)C(C5CCC6C(CCC7(C#CC(CC(O)C(O)CC(C8=CCNC(N)=C8)c8ccc9ccccc9c8)c8cc(O)c(OC)cc8CCC7=O)C6O)C15)C2C43. The van der Waals surface area contributed by atoms with Crippen LogP contribution in [-0.2, 0) is 16.0 Å². The molecule has 5 saturated carbocycles. The number of nitrogens with one attached hydrogen (secondary N) is 4. The zero-order chi connectivity index (χ0) is 53.6. The molecule has 78 heavy (non-hydrogen) atoms. The molecule has 12 nitrogen and oxygen atoms in total. The van der Waals surface area contributed by atoms with Crippen LogP contribution in [0.25, 0.3) is 10.8 Å². The van der Waals surface area contributed by atoms with E-state index in [-0.39, 0.29) is 71.8 Å². The molecule has 0 radical (unpaired) electrons. The van der Waals surface area contributed by atoms with E-state index in [2.05, 4.69) is 88.4 Å². The number of aromatic nitrogens is 1. The lowest BCUT2D eigenvalue weighted by Crippen LogP contribution is -2.74. The highest BCUT2D eigenvalue weighted by molar-refractivity contribution is 5.89. The summed E-state index contributed by atoms with van der Waals surface area (Å²) in [6.45, 7) is 4.52. The number of benzene rings is 3. The van der Waals surface area contributed by atoms with Gasteiger partial charge in [-0.2, -0.15) is 0 Å². The molecule has 9 aliphatic rings. The molecule has 412 valence electrons. The molecule has 12 heteroatoms. The number of aliphatic hydroxyl groups is 3. The zero-order valence-electron chi connectivity index (χ0n) is 45.6. The first kappa shape index (κ1) is 52.0. The summed E-state index contributed by atoms with van der Waals surface area (Å²) in [6, 6.07) is 20.4. The van der Waals surface area contributed by atoms with Crippen molar-refractivity contribution in [2.24, 2.45) is 58.5 Å². The highest BCUT2D eigenvalue weighted by Crippen LogP contribution is 2.71. The molecule has 2 aliphatic heterocycles. The molecule has 1 saturated heterocycles. The number of aliphatic hydroxyl groups excluding tert-OH is 3. The lowest BCUT2D eigenvalue weighted by atomic mass is 9.37. The normalized spacial score (nSPS) is 35.5. The maximum absolute atomic E-state index is 15.3. The summed E-state index contributed by atoms with van der Waals surface area (Å²) in [5.41, 5.74) is 11.1. The Bertz CT molecular complexity index is 3090. The first-order chi connectivity index (χ1) is 37.9. The van der Waals surface area contributed by atoms with Crippen LogP contribution >= 0.6 is 0 Å². The number of carbonyl (C=O) groups excluding carboxylic acids is 2. The van der Waals surface area contributed by atoms with Crippen LogP contribution in [0.1, 0.15) is 148 Å². The maximum Gasteiger partial charge on any atom is 0.160 e. The average Bonchev–Trinajstić information content (AvgIpc) is 2.77. The van der Waals surface area contributed by atoms with Crippen LogP contribution < -0.4 is 26.4 Å². The smallest absolute Gasteiger partial charge is 0.160 e. The number of ketones is 2. The molecular weight excluding hydrogens is 975 g/mol. The first-order valence-electron chi connectivity index (χ1n) is 30.0. The van der Waals surface area contributed by atoms with Gasteiger partial charge >= 0.3 is 0 Å². The van der Waals surface area contributed by atoms with Crippen molar-refractivity contribution in [1.82, 2.24) is 20.9 Å². The Morgan fingerprint density at radius 1 is 0.885 bits per heavy atom. The Morgan fingerprint density at radius 2 is 1.71 bits per heavy atom. The predicted octanol–water partition coefficient (Wildman–Crippen LogP) is 8.51. The quantitative estimate of drug-likeness (QED) is 0.0652. The van der Waals surface area contributed by atoms with Gasteiger partial charge in [-0.1, -0.05) is 86.6 Å². The van der Waals surface area contributed by atoms with E-state index in [1.54, 1.807) is 12.1 Å². The second-order valence-electron chi connectivity index (χ2n) is 25.6. The standard InChI is InChI=1S/C66H81N5O7/c1-3-68-35-50-58-43-18-24-65(64(77)45(43)14-15-46(58)62-61-59-49(44-20-26-70-63(44)60(50)61)31-42(72)32-51(59)71-66(62)21-7-4-8-22-66)23-17-40(48-34-54(75)55(78-2)29-39(48)13-16-56(65)76)28-52(73)53(74)33-47(41-19-25-69-57(67)30-41)38-12-11-36-9-5-6-10-37(36)27-38/h5-6,9-12,19-20,26-27,29-30,34,40,43,45-47,49-53,58-62,64,68-71,73-75,77H,3-4,7-8,13-16,18,21-22,24-25,28,31-33,35,67H2,1-2H3. The molecule has 4 aromatic rings. The van der Waals surface area contributed by atoms with Crippen LogP contribution in [0.4, 0.5) is 0 Å². The van der Waals surface area contributed by atoms with E-state index < -0.39 is 29.6 Å². The number of carbonyl (C=O) groups is 2. The number of ether oxygens (including phenoxy) is 1. The van der Waals surface area contributed by atoms with Crippen molar-refractivity contribution >= 4 is 22.3 Å². The van der Waals surface area contributed by atoms with Gasteiger partial charge in [0.25, 0.3) is 0 Å². The summed E-state index contributed by atoms with van der Waals surface area (Å²) in [4.78, 5) is 32.9. The van der Waals surface area contributed by atoms with E-state index >= 15 is 4.79 Å². The van der Waals surface area contributed by atoms with E-state index in [1.807, 2.05) is 18.2 Å². The molecule has 7 aliphatic carbocycles. The summed E-state index contributed by atoms with van der Waals surface area (Å²) in [7, 11) is 1.51. The highest BCUT2D eigenvalue weighted by atomic mass is 16.5. The molecule has 17 unspecified atom stereocenters. The van der Waals surface area contributed by atoms with Crippen molar-refractivity contribution in [3.63, 3.8) is 0 Å². The minimum Gasteiger partial charge on any atom is -0.504 e. The minimum atomic E-state index is -1.32. The number of fused-ring (bicyclic) bond motifs is 10. The van der Waals surface area contributed by atoms with Gasteiger partial charge in [-0.25, -0.2) is 0 Å². The molecule has 13 rings (SSSR count). The van der Waals surface area contributed by atoms with Crippen molar-refractivity contribution in [3.05, 3.63) is 118 Å². The number of methoxy groups -OCH3 is 1. The van der Waals surface area contributed by atoms with Gasteiger partial charge in [0.2, 0.25) is 0 Å². The number of piperidine rings is 1. The molecular formula is C66H81N5O7. The molecule has 10 N–H and O–H groups in total. The fourth-order valence-electron chi connectivity index (χ4n) is 19.0. The number of nitrogens with two attached hydrogens (primary N) is 1. The number of phenolic OH excluding ortho intramolecular Hbond substituents is 1. The third-order valence-corrected chi connectivity index (χ3v) is 22.0. The maximum atomic E-state index is 15.3. The van der Waals surface area contributed by atoms with Gasteiger partial charge < -0.3 is 51.8 Å². The van der Waals surface area contributed by atoms with Crippen LogP contribution in [0.15, 0.2) is 90.4 Å². The van der Waals surface area contributed by atoms with Crippen LogP contribution in [0, 0.1) is 64.6 Å². The zero-order valence-corrected chi connectivity index (χ0v) is 45.6. The molecule has 3 aromatic carbocycles. The lowest BCUT2D eigenvalue weighted by Gasteiger charge is -2.71. The number of Topliss-reactive ketones (excluding diaryl/α,β-unsaturated/α-hetero) is 2. The summed E-state index contributed by atoms with van der Waals surface area (Å²) >= 11 is 0. The third kappa shape index (κ3) is 8.58. The van der Waals surface area contributed by atoms with E-state index in [0.717, 1.165) is 72.7 Å². The average molecular weight is 1060 g/mol. The summed E-state index contributed by atoms with van der Waals surface area (Å²) in [6.07, 6.45) is 13.8. The van der Waals surface area contributed by atoms with Crippen molar-refractivity contribution in [2.45, 2.75) is 157 Å². The number of hydrogen-bond donors (Lipinski definition) is 9. The van der Waals surface area contributed by atoms with Crippen molar-refractivity contribution in [1.29, 1.82) is 0 Å². The molecule has 0 amide bonds. The molecule has 6 fully saturated rings. The molecule has 17 atom stereocenters. The van der Waals surface area contributed by atoms with Crippen LogP contribution in [0.2, 0.25) is 0 Å². The molecule has 0 bridgehead atoms. The summed E-state index contributed by atoms with van der Waals surface area (Å²) in [5.74, 6) is 10.3. The van der Waals surface area contributed by atoms with E-state index in [1.165, 1.54) is 37.6 Å². The Labute approximate surface area is 459 Å². The largest absolute Gasteiger partial charge is 0.504 e. The van der Waals surface area contributed by atoms with Gasteiger partial charge in [-0.15, -0.1) is 0 Å². The number of rotatable bonds is 11. The molecule has 2 spiro atoms. The number of allylic oxidation sites excluding steroid dienone is 2. The van der Waals surface area contributed by atoms with Crippen molar-refractivity contribution < 1.29 is 34.8 Å². The van der Waals surface area contributed by atoms with Crippen LogP contribution in [-0.4, -0.2) is 93.6 Å². The monoisotopic (exact) mass is 1060 g/mol. The van der Waals surface area contributed by atoms with Crippen LogP contribution in [0.5, 0.6) is 11.5 Å². The highest BCUT2D eigenvalue weighted by Gasteiger charge is 2.69. The second kappa shape index (κ2) is 20.6. The minimum absolute atomic E-state index is 0.0203. The third-order valence-electron chi connectivity index (χ3n) is 22.0. The second-order valence-corrected chi connectivity index (χ2v) is 25.6. The van der Waals surface area contributed by atoms with E-state index in [4.69, 9.17) is 10.5 Å². The van der Waals surface area contributed by atoms with Crippen LogP contribution in [0.3, 0.4) is 0 Å². The predicted molar refractivity (Wildman–Crippen MR) is 301 cm³/mol. The fraction of sp³-hybridized carbons (Fsp3) is 0.576. The van der Waals surface area contributed by atoms with Gasteiger partial charge in [0, 0.05) is 67.0 Å². The Kier molecular flexibility index (Phi) is 13.7. The number of H-pyrrole nitrogens is 1. The number of hydrogen-bond acceptors (Lipinski definition) is 11. The number of aryl methyl sites for hydroxylation is 1. The Balaban J connectivity index is 0.843. The van der Waals surface area contributed by atoms with Crippen molar-refractivity contribution in [2.75, 3.05) is 26.7 Å². The Morgan fingerprint density at radius 3 is 2.51 bits per heavy atom. The lowest BCUT2D eigenvalue weighted by molar-refractivity contribution is -0.186. The first-order valence-corrected chi connectivity index (χ1v) is 30.0.